The van der Waals surface area contributed by atoms with Crippen molar-refractivity contribution in [3.05, 3.63) is 90.5 Å². The van der Waals surface area contributed by atoms with Crippen LogP contribution in [0.25, 0.3) is 11.1 Å². The quantitative estimate of drug-likeness (QED) is 0.462. The topological polar surface area (TPSA) is 26.3 Å². The summed E-state index contributed by atoms with van der Waals surface area (Å²) >= 11 is 0. The molecular weight excluding hydrogens is 296 g/mol. The number of carbonyl (C=O) groups is 1. The maximum Gasteiger partial charge on any atom is 0.318 e. The maximum absolute atomic E-state index is 12.7. The van der Waals surface area contributed by atoms with Crippen molar-refractivity contribution in [2.24, 2.45) is 0 Å². The number of carbonyl (C=O) groups excluding carboxylic acids is 1. The number of ether oxygens (including phenoxy) is 1. The van der Waals surface area contributed by atoms with Gasteiger partial charge in [0.2, 0.25) is 0 Å². The molecule has 3 aromatic rings. The Hall–Kier alpha value is -2.87. The zero-order valence-electron chi connectivity index (χ0n) is 13.7. The van der Waals surface area contributed by atoms with Crippen LogP contribution in [0.5, 0.6) is 5.75 Å². The highest BCUT2D eigenvalue weighted by Crippen LogP contribution is 2.31. The molecule has 0 spiro atoms. The maximum atomic E-state index is 12.7. The van der Waals surface area contributed by atoms with E-state index in [0.717, 1.165) is 16.7 Å². The van der Waals surface area contributed by atoms with Gasteiger partial charge in [0.15, 0.2) is 0 Å². The lowest BCUT2D eigenvalue weighted by molar-refractivity contribution is -0.136. The molecule has 0 N–H and O–H groups in total. The lowest BCUT2D eigenvalue weighted by Gasteiger charge is -2.16. The molecule has 2 nitrogen and oxygen atoms in total. The first-order valence-corrected chi connectivity index (χ1v) is 8.20. The van der Waals surface area contributed by atoms with Crippen molar-refractivity contribution >= 4 is 5.97 Å². The van der Waals surface area contributed by atoms with Crippen LogP contribution in [-0.4, -0.2) is 5.97 Å². The van der Waals surface area contributed by atoms with Crippen molar-refractivity contribution < 1.29 is 9.53 Å². The van der Waals surface area contributed by atoms with E-state index in [2.05, 4.69) is 0 Å². The minimum Gasteiger partial charge on any atom is -0.425 e. The van der Waals surface area contributed by atoms with Gasteiger partial charge in [-0.15, -0.1) is 0 Å². The summed E-state index contributed by atoms with van der Waals surface area (Å²) in [5.41, 5.74) is 2.95. The van der Waals surface area contributed by atoms with E-state index >= 15 is 0 Å². The van der Waals surface area contributed by atoms with Gasteiger partial charge in [-0.25, -0.2) is 0 Å². The lowest BCUT2D eigenvalue weighted by Crippen LogP contribution is -2.18. The van der Waals surface area contributed by atoms with Crippen molar-refractivity contribution in [1.29, 1.82) is 0 Å². The minimum absolute atomic E-state index is 0.216. The van der Waals surface area contributed by atoms with Crippen LogP contribution < -0.4 is 4.74 Å². The Kier molecular flexibility index (Phi) is 5.07. The summed E-state index contributed by atoms with van der Waals surface area (Å²) < 4.78 is 5.77. The molecule has 3 rings (SSSR count). The van der Waals surface area contributed by atoms with Gasteiger partial charge in [0.05, 0.1) is 5.92 Å². The van der Waals surface area contributed by atoms with E-state index in [1.807, 2.05) is 91.9 Å². The lowest BCUT2D eigenvalue weighted by atomic mass is 9.96. The van der Waals surface area contributed by atoms with Crippen LogP contribution in [0.3, 0.4) is 0 Å². The standard InChI is InChI=1S/C22H20O2/c1-2-19(17-11-5-3-6-12-17)22(23)24-21-16-10-9-15-20(21)18-13-7-4-8-14-18/h3-16,19H,2H2,1H3/t19-/m0/s1. The predicted molar refractivity (Wildman–Crippen MR) is 97.0 cm³/mol. The third kappa shape index (κ3) is 3.54. The van der Waals surface area contributed by atoms with Gasteiger partial charge in [0.25, 0.3) is 0 Å². The molecule has 0 aliphatic heterocycles. The molecule has 0 saturated carbocycles. The van der Waals surface area contributed by atoms with Gasteiger partial charge >= 0.3 is 5.97 Å². The normalized spacial score (nSPS) is 11.7. The second-order valence-corrected chi connectivity index (χ2v) is 5.65. The summed E-state index contributed by atoms with van der Waals surface area (Å²) in [5.74, 6) is 0.130. The zero-order valence-corrected chi connectivity index (χ0v) is 13.7. The SMILES string of the molecule is CC[C@H](C(=O)Oc1ccccc1-c1ccccc1)c1ccccc1. The number of esters is 1. The van der Waals surface area contributed by atoms with Crippen molar-refractivity contribution in [2.45, 2.75) is 19.3 Å². The summed E-state index contributed by atoms with van der Waals surface area (Å²) in [6.07, 6.45) is 0.705. The average Bonchev–Trinajstić information content (AvgIpc) is 2.64. The summed E-state index contributed by atoms with van der Waals surface area (Å²) in [6.45, 7) is 2.00. The Morgan fingerprint density at radius 2 is 1.42 bits per heavy atom. The molecule has 24 heavy (non-hydrogen) atoms. The van der Waals surface area contributed by atoms with E-state index in [0.29, 0.717) is 12.2 Å². The molecule has 0 fully saturated rings. The van der Waals surface area contributed by atoms with Crippen LogP contribution in [0.4, 0.5) is 0 Å². The number of benzene rings is 3. The van der Waals surface area contributed by atoms with Gasteiger partial charge in [-0.05, 0) is 23.6 Å². The van der Waals surface area contributed by atoms with E-state index < -0.39 is 0 Å². The van der Waals surface area contributed by atoms with Crippen LogP contribution in [0.2, 0.25) is 0 Å². The van der Waals surface area contributed by atoms with Gasteiger partial charge in [-0.1, -0.05) is 85.8 Å². The molecule has 0 amide bonds. The molecule has 0 unspecified atom stereocenters. The Balaban J connectivity index is 1.87. The van der Waals surface area contributed by atoms with Crippen LogP contribution in [0.1, 0.15) is 24.8 Å². The molecule has 0 aromatic heterocycles. The number of hydrogen-bond acceptors (Lipinski definition) is 2. The molecule has 1 atom stereocenters. The Morgan fingerprint density at radius 3 is 2.08 bits per heavy atom. The Labute approximate surface area is 142 Å². The van der Waals surface area contributed by atoms with Crippen LogP contribution in [-0.2, 0) is 4.79 Å². The molecule has 0 radical (unpaired) electrons. The zero-order chi connectivity index (χ0) is 16.8. The molecule has 2 heteroatoms. The van der Waals surface area contributed by atoms with Crippen LogP contribution in [0, 0.1) is 0 Å². The fourth-order valence-electron chi connectivity index (χ4n) is 2.82. The van der Waals surface area contributed by atoms with E-state index in [9.17, 15) is 4.79 Å². The third-order valence-corrected chi connectivity index (χ3v) is 4.08. The Bertz CT molecular complexity index is 794. The molecule has 0 aliphatic rings. The van der Waals surface area contributed by atoms with Gasteiger partial charge in [0.1, 0.15) is 5.75 Å². The molecule has 0 saturated heterocycles. The molecule has 120 valence electrons. The molecule has 0 bridgehead atoms. The first kappa shape index (κ1) is 16.0. The average molecular weight is 316 g/mol. The van der Waals surface area contributed by atoms with E-state index in [-0.39, 0.29) is 11.9 Å². The highest BCUT2D eigenvalue weighted by atomic mass is 16.5. The number of hydrogen-bond donors (Lipinski definition) is 0. The van der Waals surface area contributed by atoms with Gasteiger partial charge in [-0.2, -0.15) is 0 Å². The highest BCUT2D eigenvalue weighted by molar-refractivity contribution is 5.83. The summed E-state index contributed by atoms with van der Waals surface area (Å²) in [6, 6.07) is 27.4. The van der Waals surface area contributed by atoms with Gasteiger partial charge in [-0.3, -0.25) is 4.79 Å². The summed E-state index contributed by atoms with van der Waals surface area (Å²) in [4.78, 5) is 12.7. The molecular formula is C22H20O2. The number of para-hydroxylation sites is 1. The third-order valence-electron chi connectivity index (χ3n) is 4.08. The van der Waals surface area contributed by atoms with E-state index in [1.54, 1.807) is 0 Å². The van der Waals surface area contributed by atoms with Crippen molar-refractivity contribution in [3.63, 3.8) is 0 Å². The van der Waals surface area contributed by atoms with Gasteiger partial charge in [0, 0.05) is 5.56 Å². The fourth-order valence-corrected chi connectivity index (χ4v) is 2.82. The molecule has 3 aromatic carbocycles. The van der Waals surface area contributed by atoms with Crippen molar-refractivity contribution in [3.8, 4) is 16.9 Å². The smallest absolute Gasteiger partial charge is 0.318 e. The number of rotatable bonds is 5. The molecule has 0 heterocycles. The van der Waals surface area contributed by atoms with Crippen LogP contribution >= 0.6 is 0 Å². The molecule has 0 aliphatic carbocycles. The van der Waals surface area contributed by atoms with Crippen molar-refractivity contribution in [1.82, 2.24) is 0 Å². The van der Waals surface area contributed by atoms with Crippen molar-refractivity contribution in [2.75, 3.05) is 0 Å². The minimum atomic E-state index is -0.255. The van der Waals surface area contributed by atoms with Gasteiger partial charge < -0.3 is 4.74 Å². The first-order valence-electron chi connectivity index (χ1n) is 8.20. The summed E-state index contributed by atoms with van der Waals surface area (Å²) in [7, 11) is 0. The largest absolute Gasteiger partial charge is 0.425 e. The van der Waals surface area contributed by atoms with E-state index in [4.69, 9.17) is 4.74 Å². The second-order valence-electron chi connectivity index (χ2n) is 5.65. The second kappa shape index (κ2) is 7.60. The monoisotopic (exact) mass is 316 g/mol. The first-order chi connectivity index (χ1) is 11.8. The predicted octanol–water partition coefficient (Wildman–Crippen LogP) is 5.45. The Morgan fingerprint density at radius 1 is 0.833 bits per heavy atom. The van der Waals surface area contributed by atoms with E-state index in [1.165, 1.54) is 0 Å². The summed E-state index contributed by atoms with van der Waals surface area (Å²) in [5, 5.41) is 0. The van der Waals surface area contributed by atoms with Crippen LogP contribution in [0.15, 0.2) is 84.9 Å². The highest BCUT2D eigenvalue weighted by Gasteiger charge is 2.21. The fraction of sp³-hybridized carbons (Fsp3) is 0.136.